The number of methoxy groups -OCH3 is 1. The van der Waals surface area contributed by atoms with Crippen LogP contribution in [0.15, 0.2) is 68.9 Å². The Morgan fingerprint density at radius 2 is 1.79 bits per heavy atom. The number of carbonyl (C=O) groups is 2. The number of nitrogens with one attached hydrogen (secondary N) is 2. The van der Waals surface area contributed by atoms with Crippen molar-refractivity contribution in [3.63, 3.8) is 0 Å². The Morgan fingerprint density at radius 3 is 2.52 bits per heavy atom. The number of fused-ring (bicyclic) bond motifs is 1. The lowest BCUT2D eigenvalue weighted by Crippen LogP contribution is -2.26. The van der Waals surface area contributed by atoms with Crippen molar-refractivity contribution in [3.8, 4) is 5.75 Å². The second-order valence-electron chi connectivity index (χ2n) is 6.17. The molecule has 0 aliphatic heterocycles. The Balaban J connectivity index is 1.61. The van der Waals surface area contributed by atoms with Crippen LogP contribution < -0.4 is 21.1 Å². The SMILES string of the molecule is COc1ccc(NC(=O)CC(=O)N/N=C(\C)c2cc3ccccc3oc2=O)cc1. The van der Waals surface area contributed by atoms with Crippen LogP contribution in [0, 0.1) is 0 Å². The molecule has 0 radical (unpaired) electrons. The van der Waals surface area contributed by atoms with Crippen molar-refractivity contribution in [2.45, 2.75) is 13.3 Å². The molecule has 2 N–H and O–H groups in total. The average molecular weight is 393 g/mol. The molecular formula is C21H19N3O5. The van der Waals surface area contributed by atoms with E-state index in [9.17, 15) is 14.4 Å². The van der Waals surface area contributed by atoms with Gasteiger partial charge in [0.1, 0.15) is 17.8 Å². The second kappa shape index (κ2) is 8.83. The van der Waals surface area contributed by atoms with Gasteiger partial charge in [0, 0.05) is 11.1 Å². The van der Waals surface area contributed by atoms with Crippen LogP contribution in [0.2, 0.25) is 0 Å². The van der Waals surface area contributed by atoms with Crippen LogP contribution in [0.25, 0.3) is 11.0 Å². The lowest BCUT2D eigenvalue weighted by molar-refractivity contribution is -0.126. The Bertz CT molecular complexity index is 1130. The molecular weight excluding hydrogens is 374 g/mol. The van der Waals surface area contributed by atoms with Gasteiger partial charge in [-0.25, -0.2) is 10.2 Å². The number of anilines is 1. The first-order valence-corrected chi connectivity index (χ1v) is 8.76. The molecule has 2 amide bonds. The molecule has 0 atom stereocenters. The number of carbonyl (C=O) groups excluding carboxylic acids is 2. The standard InChI is InChI=1S/C21H19N3O5/c1-13(17-11-14-5-3-4-6-18(14)29-21(17)27)23-24-20(26)12-19(25)22-15-7-9-16(28-2)10-8-15/h3-11H,12H2,1-2H3,(H,22,25)(H,24,26)/b23-13+. The van der Waals surface area contributed by atoms with Gasteiger partial charge in [-0.15, -0.1) is 0 Å². The van der Waals surface area contributed by atoms with Crippen LogP contribution in [-0.2, 0) is 9.59 Å². The molecule has 0 unspecified atom stereocenters. The predicted molar refractivity (Wildman–Crippen MR) is 109 cm³/mol. The van der Waals surface area contributed by atoms with Gasteiger partial charge in [0.2, 0.25) is 11.8 Å². The van der Waals surface area contributed by atoms with Crippen molar-refractivity contribution in [3.05, 3.63) is 70.6 Å². The van der Waals surface area contributed by atoms with E-state index in [1.54, 1.807) is 62.6 Å². The van der Waals surface area contributed by atoms with E-state index in [1.165, 1.54) is 0 Å². The van der Waals surface area contributed by atoms with Gasteiger partial charge < -0.3 is 14.5 Å². The lowest BCUT2D eigenvalue weighted by Gasteiger charge is -2.06. The number of rotatable bonds is 6. The number of nitrogens with zero attached hydrogens (tertiary/aromatic N) is 1. The summed E-state index contributed by atoms with van der Waals surface area (Å²) in [5.74, 6) is -0.449. The zero-order chi connectivity index (χ0) is 20.8. The molecule has 0 saturated carbocycles. The molecule has 0 aliphatic carbocycles. The fourth-order valence-corrected chi connectivity index (χ4v) is 2.59. The fraction of sp³-hybridized carbons (Fsp3) is 0.143. The minimum Gasteiger partial charge on any atom is -0.497 e. The van der Waals surface area contributed by atoms with Crippen LogP contribution in [0.1, 0.15) is 18.9 Å². The lowest BCUT2D eigenvalue weighted by atomic mass is 10.1. The van der Waals surface area contributed by atoms with Crippen LogP contribution in [-0.4, -0.2) is 24.6 Å². The summed E-state index contributed by atoms with van der Waals surface area (Å²) in [6.07, 6.45) is -0.421. The van der Waals surface area contributed by atoms with Crippen LogP contribution in [0.4, 0.5) is 5.69 Å². The highest BCUT2D eigenvalue weighted by Crippen LogP contribution is 2.15. The quantitative estimate of drug-likeness (QED) is 0.290. The summed E-state index contributed by atoms with van der Waals surface area (Å²) >= 11 is 0. The molecule has 0 saturated heterocycles. The molecule has 29 heavy (non-hydrogen) atoms. The zero-order valence-electron chi connectivity index (χ0n) is 15.9. The minimum absolute atomic E-state index is 0.228. The first-order chi connectivity index (χ1) is 14.0. The zero-order valence-corrected chi connectivity index (χ0v) is 15.9. The van der Waals surface area contributed by atoms with Crippen molar-refractivity contribution in [1.29, 1.82) is 0 Å². The van der Waals surface area contributed by atoms with Crippen LogP contribution in [0.5, 0.6) is 5.75 Å². The van der Waals surface area contributed by atoms with E-state index >= 15 is 0 Å². The molecule has 0 fully saturated rings. The largest absolute Gasteiger partial charge is 0.497 e. The Hall–Kier alpha value is -3.94. The fourth-order valence-electron chi connectivity index (χ4n) is 2.59. The first-order valence-electron chi connectivity index (χ1n) is 8.76. The van der Waals surface area contributed by atoms with E-state index in [0.29, 0.717) is 17.0 Å². The Morgan fingerprint density at radius 1 is 1.07 bits per heavy atom. The van der Waals surface area contributed by atoms with Gasteiger partial charge in [-0.2, -0.15) is 5.10 Å². The molecule has 1 heterocycles. The van der Waals surface area contributed by atoms with E-state index in [-0.39, 0.29) is 11.3 Å². The average Bonchev–Trinajstić information content (AvgIpc) is 2.72. The highest BCUT2D eigenvalue weighted by atomic mass is 16.5. The number of hydrogen-bond acceptors (Lipinski definition) is 6. The molecule has 8 heteroatoms. The maximum absolute atomic E-state index is 12.1. The van der Waals surface area contributed by atoms with E-state index in [4.69, 9.17) is 9.15 Å². The van der Waals surface area contributed by atoms with Crippen molar-refractivity contribution in [2.24, 2.45) is 5.10 Å². The Labute approximate surface area is 166 Å². The van der Waals surface area contributed by atoms with Gasteiger partial charge in [0.25, 0.3) is 0 Å². The highest BCUT2D eigenvalue weighted by Gasteiger charge is 2.11. The van der Waals surface area contributed by atoms with E-state index in [2.05, 4.69) is 15.8 Å². The Kier molecular flexibility index (Phi) is 6.03. The molecule has 2 aromatic carbocycles. The molecule has 148 valence electrons. The molecule has 8 nitrogen and oxygen atoms in total. The molecule has 1 aromatic heterocycles. The van der Waals surface area contributed by atoms with Crippen molar-refractivity contribution < 1.29 is 18.7 Å². The highest BCUT2D eigenvalue weighted by molar-refractivity contribution is 6.05. The number of hydrogen-bond donors (Lipinski definition) is 2. The summed E-state index contributed by atoms with van der Waals surface area (Å²) in [5, 5.41) is 7.25. The summed E-state index contributed by atoms with van der Waals surface area (Å²) in [7, 11) is 1.54. The molecule has 0 bridgehead atoms. The number of ether oxygens (including phenoxy) is 1. The molecule has 0 aliphatic rings. The summed E-state index contributed by atoms with van der Waals surface area (Å²) < 4.78 is 10.3. The van der Waals surface area contributed by atoms with Gasteiger partial charge in [-0.05, 0) is 43.3 Å². The van der Waals surface area contributed by atoms with Crippen molar-refractivity contribution >= 4 is 34.2 Å². The minimum atomic E-state index is -0.611. The maximum Gasteiger partial charge on any atom is 0.345 e. The number of hydrazone groups is 1. The third kappa shape index (κ3) is 5.07. The maximum atomic E-state index is 12.1. The third-order valence-corrected chi connectivity index (χ3v) is 4.07. The van der Waals surface area contributed by atoms with Crippen molar-refractivity contribution in [1.82, 2.24) is 5.43 Å². The van der Waals surface area contributed by atoms with Gasteiger partial charge in [-0.1, -0.05) is 18.2 Å². The first kappa shape index (κ1) is 19.8. The summed E-state index contributed by atoms with van der Waals surface area (Å²) in [6.45, 7) is 1.57. The van der Waals surface area contributed by atoms with Crippen LogP contribution >= 0.6 is 0 Å². The van der Waals surface area contributed by atoms with Crippen LogP contribution in [0.3, 0.4) is 0 Å². The number of amides is 2. The summed E-state index contributed by atoms with van der Waals surface area (Å²) in [5.41, 5.74) is 3.22. The second-order valence-corrected chi connectivity index (χ2v) is 6.17. The third-order valence-electron chi connectivity index (χ3n) is 4.07. The molecule has 3 aromatic rings. The van der Waals surface area contributed by atoms with Crippen molar-refractivity contribution in [2.75, 3.05) is 12.4 Å². The normalized spacial score (nSPS) is 11.2. The number of benzene rings is 2. The number of para-hydroxylation sites is 1. The van der Waals surface area contributed by atoms with Gasteiger partial charge in [0.15, 0.2) is 0 Å². The van der Waals surface area contributed by atoms with E-state index < -0.39 is 23.9 Å². The molecule has 3 rings (SSSR count). The monoisotopic (exact) mass is 393 g/mol. The van der Waals surface area contributed by atoms with E-state index in [1.807, 2.05) is 6.07 Å². The molecule has 0 spiro atoms. The summed E-state index contributed by atoms with van der Waals surface area (Å²) in [6, 6.07) is 15.4. The van der Waals surface area contributed by atoms with E-state index in [0.717, 1.165) is 5.39 Å². The van der Waals surface area contributed by atoms with Gasteiger partial charge >= 0.3 is 5.63 Å². The topological polar surface area (TPSA) is 110 Å². The summed E-state index contributed by atoms with van der Waals surface area (Å²) in [4.78, 5) is 36.1. The predicted octanol–water partition coefficient (Wildman–Crippen LogP) is 2.67. The van der Waals surface area contributed by atoms with Gasteiger partial charge in [-0.3, -0.25) is 9.59 Å². The van der Waals surface area contributed by atoms with Gasteiger partial charge in [0.05, 0.1) is 18.4 Å². The smallest absolute Gasteiger partial charge is 0.345 e.